The molecule has 0 aromatic heterocycles. The summed E-state index contributed by atoms with van der Waals surface area (Å²) in [5.41, 5.74) is 0.343. The predicted octanol–water partition coefficient (Wildman–Crippen LogP) is 4.44. The molecule has 13 heteroatoms. The molecule has 1 fully saturated rings. The second-order valence-electron chi connectivity index (χ2n) is 9.35. The highest BCUT2D eigenvalue weighted by Gasteiger charge is 2.20. The van der Waals surface area contributed by atoms with Gasteiger partial charge in [-0.3, -0.25) is 14.3 Å². The van der Waals surface area contributed by atoms with Gasteiger partial charge in [0.2, 0.25) is 5.91 Å². The Bertz CT molecular complexity index is 1500. The lowest BCUT2D eigenvalue weighted by Gasteiger charge is -2.22. The molecule has 41 heavy (non-hydrogen) atoms. The maximum atomic E-state index is 13.2. The van der Waals surface area contributed by atoms with E-state index in [0.717, 1.165) is 25.9 Å². The molecule has 0 saturated carbocycles. The van der Waals surface area contributed by atoms with Crippen molar-refractivity contribution < 1.29 is 27.5 Å². The second-order valence-corrected chi connectivity index (χ2v) is 11.9. The van der Waals surface area contributed by atoms with Crippen LogP contribution in [-0.4, -0.2) is 53.5 Å². The molecule has 2 amide bonds. The van der Waals surface area contributed by atoms with Crippen molar-refractivity contribution in [3.8, 4) is 17.2 Å². The summed E-state index contributed by atoms with van der Waals surface area (Å²) in [5, 5.41) is 9.33. The average Bonchev–Trinajstić information content (AvgIpc) is 2.97. The van der Waals surface area contributed by atoms with Crippen molar-refractivity contribution in [2.45, 2.75) is 17.7 Å². The van der Waals surface area contributed by atoms with E-state index in [1.807, 2.05) is 0 Å². The van der Waals surface area contributed by atoms with Crippen LogP contribution in [0.3, 0.4) is 0 Å². The van der Waals surface area contributed by atoms with E-state index in [4.69, 9.17) is 32.7 Å². The smallest absolute Gasteiger partial charge is 0.262 e. The Labute approximate surface area is 248 Å². The summed E-state index contributed by atoms with van der Waals surface area (Å²) < 4.78 is 40.0. The van der Waals surface area contributed by atoms with Gasteiger partial charge in [-0.05, 0) is 86.4 Å². The van der Waals surface area contributed by atoms with E-state index < -0.39 is 15.9 Å². The molecule has 10 nitrogen and oxygen atoms in total. The first kappa shape index (κ1) is 30.4. The molecule has 4 N–H and O–H groups in total. The first-order valence-electron chi connectivity index (χ1n) is 12.8. The zero-order valence-corrected chi connectivity index (χ0v) is 24.5. The fourth-order valence-corrected chi connectivity index (χ4v) is 5.65. The SMILES string of the molecule is COc1ccc(NS(=O)(=O)c2ccc(C(=O)NCC(=O)NCC3CCNCC3)cc2)c(Oc2ccc(Cl)cc2Cl)c1. The number of hydrogen-bond donors (Lipinski definition) is 4. The quantitative estimate of drug-likeness (QED) is 0.249. The van der Waals surface area contributed by atoms with Crippen LogP contribution in [0.5, 0.6) is 17.2 Å². The lowest BCUT2D eigenvalue weighted by atomic mass is 9.98. The van der Waals surface area contributed by atoms with E-state index in [1.165, 1.54) is 49.6 Å². The highest BCUT2D eigenvalue weighted by atomic mass is 35.5. The van der Waals surface area contributed by atoms with Gasteiger partial charge in [0.05, 0.1) is 29.3 Å². The molecule has 3 aromatic carbocycles. The topological polar surface area (TPSA) is 135 Å². The molecule has 0 unspecified atom stereocenters. The highest BCUT2D eigenvalue weighted by molar-refractivity contribution is 7.92. The molecule has 1 heterocycles. The Morgan fingerprint density at radius 1 is 0.951 bits per heavy atom. The van der Waals surface area contributed by atoms with Crippen LogP contribution in [0.4, 0.5) is 5.69 Å². The Balaban J connectivity index is 1.39. The number of ether oxygens (including phenoxy) is 2. The maximum Gasteiger partial charge on any atom is 0.262 e. The first-order valence-corrected chi connectivity index (χ1v) is 15.1. The van der Waals surface area contributed by atoms with Crippen LogP contribution < -0.4 is 30.1 Å². The summed E-state index contributed by atoms with van der Waals surface area (Å²) in [7, 11) is -2.61. The van der Waals surface area contributed by atoms with Gasteiger partial charge in [0, 0.05) is 23.2 Å². The van der Waals surface area contributed by atoms with Crippen LogP contribution in [-0.2, 0) is 14.8 Å². The van der Waals surface area contributed by atoms with Crippen LogP contribution in [0, 0.1) is 5.92 Å². The zero-order valence-electron chi connectivity index (χ0n) is 22.2. The number of anilines is 1. The van der Waals surface area contributed by atoms with Gasteiger partial charge in [-0.15, -0.1) is 0 Å². The Hall–Kier alpha value is -3.51. The van der Waals surface area contributed by atoms with Crippen molar-refractivity contribution in [1.82, 2.24) is 16.0 Å². The third-order valence-corrected chi connectivity index (χ3v) is 8.34. The molecular weight excluding hydrogens is 591 g/mol. The van der Waals surface area contributed by atoms with Crippen LogP contribution in [0.25, 0.3) is 0 Å². The predicted molar refractivity (Wildman–Crippen MR) is 158 cm³/mol. The van der Waals surface area contributed by atoms with E-state index in [1.54, 1.807) is 18.2 Å². The van der Waals surface area contributed by atoms with Crippen LogP contribution >= 0.6 is 23.2 Å². The summed E-state index contributed by atoms with van der Waals surface area (Å²) in [6, 6.07) is 14.6. The number of benzene rings is 3. The minimum atomic E-state index is -4.08. The standard InChI is InChI=1S/C28H30Cl2N4O6S/c1-39-21-5-8-24(26(15-21)40-25-9-4-20(29)14-23(25)30)34-41(37,38)22-6-2-19(3-7-22)28(36)33-17-27(35)32-16-18-10-12-31-13-11-18/h2-9,14-15,18,31,34H,10-13,16-17H2,1H3,(H,32,35)(H,33,36). The molecule has 0 spiro atoms. The van der Waals surface area contributed by atoms with Gasteiger partial charge in [-0.1, -0.05) is 23.2 Å². The van der Waals surface area contributed by atoms with Crippen LogP contribution in [0.15, 0.2) is 65.6 Å². The summed E-state index contributed by atoms with van der Waals surface area (Å²) in [5.74, 6) is 0.493. The van der Waals surface area contributed by atoms with Crippen molar-refractivity contribution in [3.63, 3.8) is 0 Å². The number of rotatable bonds is 11. The molecule has 1 aliphatic rings. The van der Waals surface area contributed by atoms with Crippen molar-refractivity contribution in [2.24, 2.45) is 5.92 Å². The van der Waals surface area contributed by atoms with E-state index >= 15 is 0 Å². The van der Waals surface area contributed by atoms with Crippen molar-refractivity contribution in [1.29, 1.82) is 0 Å². The van der Waals surface area contributed by atoms with E-state index in [-0.39, 0.29) is 45.1 Å². The minimum Gasteiger partial charge on any atom is -0.497 e. The maximum absolute atomic E-state index is 13.2. The van der Waals surface area contributed by atoms with Crippen molar-refractivity contribution >= 4 is 50.7 Å². The summed E-state index contributed by atoms with van der Waals surface area (Å²) in [6.07, 6.45) is 2.00. The van der Waals surface area contributed by atoms with E-state index in [0.29, 0.717) is 23.2 Å². The largest absolute Gasteiger partial charge is 0.497 e. The number of methoxy groups -OCH3 is 1. The Morgan fingerprint density at radius 2 is 1.68 bits per heavy atom. The number of sulfonamides is 1. The monoisotopic (exact) mass is 620 g/mol. The van der Waals surface area contributed by atoms with Crippen molar-refractivity contribution in [2.75, 3.05) is 38.0 Å². The molecule has 4 rings (SSSR count). The Morgan fingerprint density at radius 3 is 2.37 bits per heavy atom. The third-order valence-electron chi connectivity index (χ3n) is 6.43. The molecular formula is C28H30Cl2N4O6S. The molecule has 0 radical (unpaired) electrons. The third kappa shape index (κ3) is 8.49. The number of hydrogen-bond acceptors (Lipinski definition) is 7. The Kier molecular flexibility index (Phi) is 10.3. The van der Waals surface area contributed by atoms with Gasteiger partial charge in [0.15, 0.2) is 5.75 Å². The lowest BCUT2D eigenvalue weighted by Crippen LogP contribution is -2.40. The van der Waals surface area contributed by atoms with Gasteiger partial charge in [0.25, 0.3) is 15.9 Å². The van der Waals surface area contributed by atoms with Crippen molar-refractivity contribution in [3.05, 3.63) is 76.3 Å². The number of amides is 2. The number of carbonyl (C=O) groups is 2. The number of nitrogens with one attached hydrogen (secondary N) is 4. The van der Waals surface area contributed by atoms with Gasteiger partial charge in [-0.2, -0.15) is 0 Å². The van der Waals surface area contributed by atoms with Gasteiger partial charge in [-0.25, -0.2) is 8.42 Å². The second kappa shape index (κ2) is 13.9. The van der Waals surface area contributed by atoms with E-state index in [2.05, 4.69) is 20.7 Å². The first-order chi connectivity index (χ1) is 19.6. The number of halogens is 2. The fourth-order valence-electron chi connectivity index (χ4n) is 4.13. The zero-order chi connectivity index (χ0) is 29.4. The fraction of sp³-hybridized carbons (Fsp3) is 0.286. The number of carbonyl (C=O) groups excluding carboxylic acids is 2. The van der Waals surface area contributed by atoms with Gasteiger partial charge in [0.1, 0.15) is 11.5 Å². The number of piperidine rings is 1. The molecule has 0 bridgehead atoms. The summed E-state index contributed by atoms with van der Waals surface area (Å²) in [6.45, 7) is 2.27. The van der Waals surface area contributed by atoms with Gasteiger partial charge >= 0.3 is 0 Å². The summed E-state index contributed by atoms with van der Waals surface area (Å²) in [4.78, 5) is 24.6. The molecule has 0 atom stereocenters. The van der Waals surface area contributed by atoms with Crippen LogP contribution in [0.1, 0.15) is 23.2 Å². The summed E-state index contributed by atoms with van der Waals surface area (Å²) >= 11 is 12.2. The van der Waals surface area contributed by atoms with Crippen LogP contribution in [0.2, 0.25) is 10.0 Å². The minimum absolute atomic E-state index is 0.0833. The normalized spacial score (nSPS) is 13.7. The molecule has 1 aliphatic heterocycles. The molecule has 0 aliphatic carbocycles. The highest BCUT2D eigenvalue weighted by Crippen LogP contribution is 2.38. The molecule has 1 saturated heterocycles. The molecule has 218 valence electrons. The van der Waals surface area contributed by atoms with Gasteiger partial charge < -0.3 is 25.4 Å². The average molecular weight is 622 g/mol. The lowest BCUT2D eigenvalue weighted by molar-refractivity contribution is -0.120. The molecule has 3 aromatic rings. The van der Waals surface area contributed by atoms with E-state index in [9.17, 15) is 18.0 Å².